The van der Waals surface area contributed by atoms with Gasteiger partial charge in [-0.15, -0.1) is 0 Å². The number of anilines is 6. The van der Waals surface area contributed by atoms with Gasteiger partial charge in [0, 0.05) is 190 Å². The topological polar surface area (TPSA) is 313 Å². The van der Waals surface area contributed by atoms with Gasteiger partial charge in [-0.2, -0.15) is 0 Å². The fourth-order valence-electron chi connectivity index (χ4n) is 23.1. The van der Waals surface area contributed by atoms with E-state index in [9.17, 15) is 12.8 Å². The smallest absolute Gasteiger partial charge is 0.178 e. The third-order valence-electron chi connectivity index (χ3n) is 30.5. The Morgan fingerprint density at radius 2 is 0.686 bits per heavy atom. The molecule has 24 rings (SSSR count). The highest BCUT2D eigenvalue weighted by Crippen LogP contribution is 2.49. The van der Waals surface area contributed by atoms with Crippen molar-refractivity contribution in [1.82, 2.24) is 69.4 Å². The van der Waals surface area contributed by atoms with E-state index in [-0.39, 0.29) is 4.90 Å². The predicted octanol–water partition coefficient (Wildman–Crippen LogP) is 17.5. The first-order chi connectivity index (χ1) is 67.0. The van der Waals surface area contributed by atoms with Crippen molar-refractivity contribution in [3.05, 3.63) is 233 Å². The summed E-state index contributed by atoms with van der Waals surface area (Å²) in [6, 6.07) is 46.4. The summed E-state index contributed by atoms with van der Waals surface area (Å²) in [4.78, 5) is 55.8. The van der Waals surface area contributed by atoms with Crippen LogP contribution in [0, 0.1) is 12.7 Å². The second-order valence-electron chi connectivity index (χ2n) is 38.9. The number of nitrogen functional groups attached to an aromatic ring is 2. The molecule has 0 atom stereocenters. The maximum Gasteiger partial charge on any atom is 0.178 e. The second-order valence-corrected chi connectivity index (χ2v) is 41.3. The van der Waals surface area contributed by atoms with Crippen molar-refractivity contribution in [3.8, 4) is 89.0 Å². The number of halogens is 2. The molecule has 8 fully saturated rings. The van der Waals surface area contributed by atoms with Gasteiger partial charge in [0.15, 0.2) is 9.84 Å². The number of sulfone groups is 1. The molecule has 4 saturated carbocycles. The molecule has 29 heteroatoms. The molecule has 8 aliphatic carbocycles. The van der Waals surface area contributed by atoms with E-state index in [1.165, 1.54) is 145 Å². The largest absolute Gasteiger partial charge is 0.399 e. The number of hydrogen-bond acceptors (Lipinski definition) is 26. The van der Waals surface area contributed by atoms with Gasteiger partial charge in [0.2, 0.25) is 0 Å². The van der Waals surface area contributed by atoms with E-state index >= 15 is 0 Å². The summed E-state index contributed by atoms with van der Waals surface area (Å²) in [5.41, 5.74) is 40.4. The van der Waals surface area contributed by atoms with Gasteiger partial charge in [0.25, 0.3) is 0 Å². The lowest BCUT2D eigenvalue weighted by atomic mass is 9.89. The number of pyridine rings is 2. The van der Waals surface area contributed by atoms with Crippen molar-refractivity contribution in [1.29, 1.82) is 0 Å². The van der Waals surface area contributed by atoms with Gasteiger partial charge < -0.3 is 51.7 Å². The molecule has 4 saturated heterocycles. The molecule has 0 unspecified atom stereocenters. The number of aryl methyl sites for hydroxylation is 1. The molecule has 6 aromatic carbocycles. The third-order valence-corrected chi connectivity index (χ3v) is 31.9. The van der Waals surface area contributed by atoms with Crippen LogP contribution in [0.4, 0.5) is 39.2 Å². The maximum absolute atomic E-state index is 14.6. The van der Waals surface area contributed by atoms with Crippen LogP contribution < -0.4 is 32.7 Å². The average Bonchev–Trinajstić information content (AvgIpc) is 1.68. The summed E-state index contributed by atoms with van der Waals surface area (Å²) in [5, 5.41) is 15.8. The van der Waals surface area contributed by atoms with Crippen LogP contribution in [0.25, 0.3) is 89.0 Å². The zero-order valence-electron chi connectivity index (χ0n) is 78.3. The van der Waals surface area contributed by atoms with Crippen molar-refractivity contribution < 1.29 is 31.8 Å². The van der Waals surface area contributed by atoms with E-state index in [1.807, 2.05) is 61.1 Å². The van der Waals surface area contributed by atoms with Crippen molar-refractivity contribution in [2.45, 2.75) is 189 Å². The lowest BCUT2D eigenvalue weighted by molar-refractivity contribution is 0.00788. The van der Waals surface area contributed by atoms with E-state index < -0.39 is 15.7 Å². The van der Waals surface area contributed by atoms with Crippen molar-refractivity contribution in [2.75, 3.05) is 144 Å². The van der Waals surface area contributed by atoms with Gasteiger partial charge in [0.1, 0.15) is 65.1 Å². The summed E-state index contributed by atoms with van der Waals surface area (Å²) in [6.07, 6.45) is 35.7. The molecule has 4 aliphatic heterocycles. The van der Waals surface area contributed by atoms with Gasteiger partial charge in [0.05, 0.1) is 80.7 Å². The van der Waals surface area contributed by atoms with Crippen LogP contribution in [0.1, 0.15) is 153 Å². The number of fused-ring (bicyclic) bond motifs is 12. The number of aromatic nitrogens is 10. The van der Waals surface area contributed by atoms with Crippen molar-refractivity contribution in [2.24, 2.45) is 0 Å². The Balaban J connectivity index is 0.000000109. The highest BCUT2D eigenvalue weighted by Gasteiger charge is 2.37. The molecule has 0 spiro atoms. The van der Waals surface area contributed by atoms with Crippen LogP contribution >= 0.6 is 11.6 Å². The number of hydrogen-bond donors (Lipinski definition) is 6. The minimum absolute atomic E-state index is 0.286. The molecule has 0 radical (unpaired) electrons. The van der Waals surface area contributed by atoms with Gasteiger partial charge in [-0.05, 0) is 260 Å². The Hall–Kier alpha value is -11.4. The van der Waals surface area contributed by atoms with Crippen LogP contribution in [0.3, 0.4) is 0 Å². The Morgan fingerprint density at radius 3 is 1.02 bits per heavy atom. The Kier molecular flexibility index (Phi) is 27.7. The molecule has 12 aromatic rings. The summed E-state index contributed by atoms with van der Waals surface area (Å²) >= 11 is 6.52. The summed E-state index contributed by atoms with van der Waals surface area (Å²) in [7, 11) is -3.62. The highest BCUT2D eigenvalue weighted by atomic mass is 35.5. The van der Waals surface area contributed by atoms with E-state index in [2.05, 4.69) is 148 Å². The molecule has 0 bridgehead atoms. The van der Waals surface area contributed by atoms with Crippen LogP contribution in [0.5, 0.6) is 0 Å². The molecule has 137 heavy (non-hydrogen) atoms. The first-order valence-electron chi connectivity index (χ1n) is 49.4. The zero-order chi connectivity index (χ0) is 93.0. The molecule has 26 nitrogen and oxygen atoms in total. The SMILES string of the molecule is CS(=O)(=O)c1ccc(-c2ccc3c(c2)-c2c(ncnc2NC2CCC(N4CCOCC4)CC2)C3)cc1F.Cc1cnccc1-c1ccc2c(c1)-c1c(ncnc1NC1CCC(N3CCOCC3)CC1)C2.Nc1ccc(-c2ccc3c(c2)-c2c(ncnc2NC2CCC(N4CCOCC4)CC2)C3)c(Cl)c1.Nc1ccc(-c2ccc3c(c2)-c2c(ncnc2NC2CCC(N4CCOCC4)CC2)C3)cn1. The van der Waals surface area contributed by atoms with Crippen LogP contribution in [-0.4, -0.2) is 238 Å². The highest BCUT2D eigenvalue weighted by molar-refractivity contribution is 7.90. The average molecular weight is 1880 g/mol. The van der Waals surface area contributed by atoms with Crippen LogP contribution in [0.15, 0.2) is 176 Å². The first kappa shape index (κ1) is 92.0. The predicted molar refractivity (Wildman–Crippen MR) is 538 cm³/mol. The number of morpholine rings is 4. The Morgan fingerprint density at radius 1 is 0.358 bits per heavy atom. The number of ether oxygens (including phenoxy) is 4. The standard InChI is InChI=1S/C28H31FN4O3S.C27H30ClN5O.C27H31N5O.C26H30N6O/c1-37(34,35)26-9-4-19(15-24(26)29)18-2-3-20-16-25-27(23(20)14-18)28(31-17-30-25)32-21-5-7-22(8-6-21)33-10-12-36-13-11-33;28-24-15-19(29)3-8-22(24)17-1-2-18-14-25-26(23(18)13-17)27(31-16-30-25)32-20-4-6-21(7-5-20)33-9-11-34-12-10-33;1-18-16-28-9-8-23(18)19-2-3-20-15-25-26(24(20)14-19)27(30-17-29-25)31-21-4-6-22(7-5-21)32-10-12-33-13-11-32;27-24-8-3-19(15-28-24)17-1-2-18-14-23-25(22(18)13-17)26(30-16-29-23)31-20-4-6-21(7-5-20)32-9-11-33-12-10-32/h2-4,9,14-15,17,21-22H,5-8,10-13,16H2,1H3,(H,30,31,32);1-3,8,13,15-16,20-21H,4-7,9-12,14,29H2,(H,30,31,32);2-3,8-9,14,16-17,21-22H,4-7,10-13,15H2,1H3,(H,29,30,31);1-3,8,13,15-16,20-21H,4-7,9-12,14H2,(H2,27,28)(H,29,30,31). The fourth-order valence-corrected chi connectivity index (χ4v) is 24.1. The Bertz CT molecular complexity index is 6460. The lowest BCUT2D eigenvalue weighted by Crippen LogP contribution is -2.46. The molecular formula is C108H122ClFN20O6S. The number of rotatable bonds is 17. The maximum atomic E-state index is 14.6. The van der Waals surface area contributed by atoms with Gasteiger partial charge in [-0.3, -0.25) is 24.6 Å². The summed E-state index contributed by atoms with van der Waals surface area (Å²) < 4.78 is 60.3. The molecular weight excluding hydrogens is 1760 g/mol. The van der Waals surface area contributed by atoms with Crippen LogP contribution in [-0.2, 0) is 54.5 Å². The minimum atomic E-state index is -3.62. The number of benzene rings is 6. The van der Waals surface area contributed by atoms with E-state index in [4.69, 9.17) is 52.0 Å². The van der Waals surface area contributed by atoms with Gasteiger partial charge in [-0.25, -0.2) is 57.7 Å². The fraction of sp³-hybridized carbons (Fsp3) is 0.426. The van der Waals surface area contributed by atoms with E-state index in [1.54, 1.807) is 37.4 Å². The monoisotopic (exact) mass is 1880 g/mol. The molecule has 10 heterocycles. The third kappa shape index (κ3) is 20.6. The zero-order valence-corrected chi connectivity index (χ0v) is 79.8. The minimum Gasteiger partial charge on any atom is -0.399 e. The van der Waals surface area contributed by atoms with Crippen molar-refractivity contribution >= 4 is 56.2 Å². The number of nitrogens with one attached hydrogen (secondary N) is 4. The molecule has 8 N–H and O–H groups in total. The quantitative estimate of drug-likeness (QED) is 0.0461. The van der Waals surface area contributed by atoms with E-state index in [0.29, 0.717) is 70.4 Å². The molecule has 710 valence electrons. The number of nitrogens with zero attached hydrogens (tertiary/aromatic N) is 14. The lowest BCUT2D eigenvalue weighted by Gasteiger charge is -2.39. The second kappa shape index (κ2) is 41.3. The van der Waals surface area contributed by atoms with Gasteiger partial charge >= 0.3 is 0 Å². The molecule has 6 aromatic heterocycles. The van der Waals surface area contributed by atoms with Crippen molar-refractivity contribution in [3.63, 3.8) is 0 Å². The summed E-state index contributed by atoms with van der Waals surface area (Å²) in [5.74, 6) is 3.58. The molecule has 12 aliphatic rings. The number of nitrogens with two attached hydrogens (primary N) is 2. The Labute approximate surface area is 806 Å². The normalized spacial score (nSPS) is 22.3. The van der Waals surface area contributed by atoms with Gasteiger partial charge in [-0.1, -0.05) is 72.3 Å². The summed E-state index contributed by atoms with van der Waals surface area (Å²) in [6.45, 7) is 17.5. The van der Waals surface area contributed by atoms with E-state index in [0.717, 1.165) is 265 Å². The van der Waals surface area contributed by atoms with Crippen LogP contribution in [0.2, 0.25) is 5.02 Å². The first-order valence-corrected chi connectivity index (χ1v) is 51.7. The molecule has 0 amide bonds.